The van der Waals surface area contributed by atoms with Gasteiger partial charge in [-0.25, -0.2) is 0 Å². The number of hydrogen-bond donors (Lipinski definition) is 1. The van der Waals surface area contributed by atoms with Gasteiger partial charge in [0.25, 0.3) is 0 Å². The average Bonchev–Trinajstić information content (AvgIpc) is 3.13. The summed E-state index contributed by atoms with van der Waals surface area (Å²) in [6.45, 7) is 3.71. The third kappa shape index (κ3) is 4.10. The van der Waals surface area contributed by atoms with Gasteiger partial charge in [0.05, 0.1) is 28.8 Å². The van der Waals surface area contributed by atoms with Gasteiger partial charge in [0.2, 0.25) is 0 Å². The van der Waals surface area contributed by atoms with Crippen LogP contribution in [0, 0.1) is 18.3 Å². The van der Waals surface area contributed by atoms with Gasteiger partial charge in [0.15, 0.2) is 10.9 Å². The molecular weight excluding hydrogens is 487 g/mol. The monoisotopic (exact) mass is 507 g/mol. The van der Waals surface area contributed by atoms with Crippen molar-refractivity contribution >= 4 is 34.8 Å². The maximum Gasteiger partial charge on any atom is 0.418 e. The summed E-state index contributed by atoms with van der Waals surface area (Å²) >= 11 is 7.30. The fraction of sp³-hybridized carbons (Fsp3) is 0.333. The van der Waals surface area contributed by atoms with Crippen molar-refractivity contribution in [2.45, 2.75) is 50.3 Å². The molecule has 1 atom stereocenters. The molecule has 10 heteroatoms. The number of nitriles is 1. The van der Waals surface area contributed by atoms with Crippen LogP contribution in [0.15, 0.2) is 56.4 Å². The lowest BCUT2D eigenvalue weighted by molar-refractivity contribution is -0.137. The van der Waals surface area contributed by atoms with Crippen LogP contribution in [0.2, 0.25) is 5.02 Å². The van der Waals surface area contributed by atoms with Gasteiger partial charge in [-0.3, -0.25) is 9.69 Å². The van der Waals surface area contributed by atoms with E-state index in [0.717, 1.165) is 6.07 Å². The topological polar surface area (TPSA) is 83.3 Å². The molecule has 1 aromatic carbocycles. The summed E-state index contributed by atoms with van der Waals surface area (Å²) < 4.78 is 47.7. The van der Waals surface area contributed by atoms with Gasteiger partial charge in [-0.2, -0.15) is 18.4 Å². The van der Waals surface area contributed by atoms with Crippen molar-refractivity contribution in [2.24, 2.45) is 5.73 Å². The molecule has 0 saturated heterocycles. The predicted molar refractivity (Wildman–Crippen MR) is 124 cm³/mol. The van der Waals surface area contributed by atoms with E-state index in [2.05, 4.69) is 6.07 Å². The third-order valence-corrected chi connectivity index (χ3v) is 6.96. The Balaban J connectivity index is 2.02. The zero-order chi connectivity index (χ0) is 24.8. The average molecular weight is 508 g/mol. The van der Waals surface area contributed by atoms with Crippen molar-refractivity contribution < 1.29 is 22.4 Å². The number of hydrogen-bond acceptors (Lipinski definition) is 6. The smallest absolute Gasteiger partial charge is 0.418 e. The minimum atomic E-state index is -4.73. The van der Waals surface area contributed by atoms with E-state index in [1.54, 1.807) is 13.0 Å². The Labute approximate surface area is 204 Å². The summed E-state index contributed by atoms with van der Waals surface area (Å²) in [6.07, 6.45) is -3.69. The molecule has 178 valence electrons. The van der Waals surface area contributed by atoms with E-state index in [1.807, 2.05) is 6.92 Å². The highest BCUT2D eigenvalue weighted by Crippen LogP contribution is 2.50. The van der Waals surface area contributed by atoms with Crippen LogP contribution in [0.5, 0.6) is 0 Å². The molecule has 0 radical (unpaired) electrons. The van der Waals surface area contributed by atoms with Gasteiger partial charge in [0, 0.05) is 28.3 Å². The summed E-state index contributed by atoms with van der Waals surface area (Å²) in [5.74, 6) is 0.133. The molecule has 2 N–H and O–H groups in total. The highest BCUT2D eigenvalue weighted by atomic mass is 35.5. The number of carbonyl (C=O) groups excluding carboxylic acids is 1. The Kier molecular flexibility index (Phi) is 6.49. The molecule has 0 spiro atoms. The lowest BCUT2D eigenvalue weighted by Crippen LogP contribution is -2.39. The van der Waals surface area contributed by atoms with Crippen molar-refractivity contribution in [2.75, 3.05) is 10.7 Å². The molecule has 2 aromatic rings. The van der Waals surface area contributed by atoms with E-state index in [4.69, 9.17) is 21.8 Å². The molecule has 34 heavy (non-hydrogen) atoms. The van der Waals surface area contributed by atoms with E-state index in [1.165, 1.54) is 28.8 Å². The minimum absolute atomic E-state index is 0.0100. The molecule has 4 rings (SSSR count). The number of thioether (sulfide) groups is 1. The van der Waals surface area contributed by atoms with Gasteiger partial charge in [-0.1, -0.05) is 30.3 Å². The third-order valence-electron chi connectivity index (χ3n) is 5.85. The molecular formula is C24H21ClF3N3O2S. The molecule has 0 bridgehead atoms. The second-order valence-electron chi connectivity index (χ2n) is 8.01. The van der Waals surface area contributed by atoms with Crippen molar-refractivity contribution in [1.82, 2.24) is 0 Å². The molecule has 1 aromatic heterocycles. The number of anilines is 1. The lowest BCUT2D eigenvalue weighted by atomic mass is 9.76. The van der Waals surface area contributed by atoms with Crippen LogP contribution in [0.3, 0.4) is 0 Å². The maximum absolute atomic E-state index is 14.0. The van der Waals surface area contributed by atoms with Crippen molar-refractivity contribution in [1.29, 1.82) is 5.26 Å². The summed E-state index contributed by atoms with van der Waals surface area (Å²) in [5, 5.41) is 10.6. The van der Waals surface area contributed by atoms with Crippen molar-refractivity contribution in [3.63, 3.8) is 0 Å². The fourth-order valence-corrected chi connectivity index (χ4v) is 5.53. The first-order valence-corrected chi connectivity index (χ1v) is 12.0. The summed E-state index contributed by atoms with van der Waals surface area (Å²) in [5.41, 5.74) is 6.46. The molecule has 1 aliphatic heterocycles. The zero-order valence-corrected chi connectivity index (χ0v) is 20.0. The Morgan fingerprint density at radius 3 is 2.71 bits per heavy atom. The van der Waals surface area contributed by atoms with Crippen LogP contribution in [-0.4, -0.2) is 11.5 Å². The van der Waals surface area contributed by atoms with E-state index >= 15 is 0 Å². The molecule has 0 saturated carbocycles. The van der Waals surface area contributed by atoms with E-state index in [9.17, 15) is 23.2 Å². The number of rotatable bonds is 4. The highest BCUT2D eigenvalue weighted by Gasteiger charge is 2.44. The first-order valence-electron chi connectivity index (χ1n) is 10.6. The number of nitrogens with zero attached hydrogens (tertiary/aromatic N) is 2. The normalized spacial score (nSPS) is 18.9. The standard InChI is InChI=1S/C24H21ClF3N3O2S/c1-3-34-23-14(9-12(2)33-23)20-15(11-29)22(30)31(18-5-4-6-19(32)21(18)20)17-8-7-13(25)10-16(17)24(26,27)28/h7-10,20H,3-6,30H2,1-2H3. The van der Waals surface area contributed by atoms with Crippen LogP contribution in [0.1, 0.15) is 49.0 Å². The molecule has 2 heterocycles. The molecule has 0 fully saturated rings. The molecule has 5 nitrogen and oxygen atoms in total. The first kappa shape index (κ1) is 24.3. The number of allylic oxidation sites excluding steroid dienone is 3. The van der Waals surface area contributed by atoms with Crippen LogP contribution in [0.4, 0.5) is 18.9 Å². The Morgan fingerprint density at radius 2 is 2.06 bits per heavy atom. The fourth-order valence-electron chi connectivity index (χ4n) is 4.56. The highest BCUT2D eigenvalue weighted by molar-refractivity contribution is 7.99. The second-order valence-corrected chi connectivity index (χ2v) is 9.68. The predicted octanol–water partition coefficient (Wildman–Crippen LogP) is 6.68. The van der Waals surface area contributed by atoms with Gasteiger partial charge in [0.1, 0.15) is 11.6 Å². The quantitative estimate of drug-likeness (QED) is 0.465. The number of halogens is 4. The Bertz CT molecular complexity index is 1270. The van der Waals surface area contributed by atoms with Crippen molar-refractivity contribution in [3.05, 3.63) is 68.8 Å². The molecule has 0 amide bonds. The Hall–Kier alpha value is -2.83. The van der Waals surface area contributed by atoms with Crippen LogP contribution in [-0.2, 0) is 11.0 Å². The number of aryl methyl sites for hydroxylation is 1. The SMILES string of the molecule is CCSc1oc(C)cc1C1C(C#N)=C(N)N(c2ccc(Cl)cc2C(F)(F)F)C2=C1C(=O)CCC2. The summed E-state index contributed by atoms with van der Waals surface area (Å²) in [6, 6.07) is 7.21. The van der Waals surface area contributed by atoms with Gasteiger partial charge < -0.3 is 10.2 Å². The molecule has 2 aliphatic rings. The Morgan fingerprint density at radius 1 is 1.32 bits per heavy atom. The lowest BCUT2D eigenvalue weighted by Gasteiger charge is -2.40. The van der Waals surface area contributed by atoms with E-state index in [-0.39, 0.29) is 34.3 Å². The minimum Gasteiger partial charge on any atom is -0.455 e. The number of alkyl halides is 3. The zero-order valence-electron chi connectivity index (χ0n) is 18.4. The summed E-state index contributed by atoms with van der Waals surface area (Å²) in [7, 11) is 0. The number of benzene rings is 1. The number of carbonyl (C=O) groups is 1. The van der Waals surface area contributed by atoms with Crippen LogP contribution in [0.25, 0.3) is 0 Å². The van der Waals surface area contributed by atoms with Crippen LogP contribution < -0.4 is 10.6 Å². The second kappa shape index (κ2) is 9.08. The number of nitrogens with two attached hydrogens (primary N) is 1. The largest absolute Gasteiger partial charge is 0.455 e. The van der Waals surface area contributed by atoms with Crippen LogP contribution >= 0.6 is 23.4 Å². The summed E-state index contributed by atoms with van der Waals surface area (Å²) in [4.78, 5) is 14.4. The van der Waals surface area contributed by atoms with Crippen molar-refractivity contribution in [3.8, 4) is 6.07 Å². The van der Waals surface area contributed by atoms with E-state index < -0.39 is 17.7 Å². The van der Waals surface area contributed by atoms with E-state index in [0.29, 0.717) is 46.3 Å². The molecule has 1 unspecified atom stereocenters. The van der Waals surface area contributed by atoms with Gasteiger partial charge in [-0.05, 0) is 49.8 Å². The van der Waals surface area contributed by atoms with Gasteiger partial charge >= 0.3 is 6.18 Å². The number of Topliss-reactive ketones (excluding diaryl/α,β-unsaturated/α-hetero) is 1. The molecule has 1 aliphatic carbocycles. The number of furan rings is 1. The number of ketones is 1. The van der Waals surface area contributed by atoms with Gasteiger partial charge in [-0.15, -0.1) is 0 Å². The first-order chi connectivity index (χ1) is 16.1. The maximum atomic E-state index is 14.0.